The molecule has 0 aliphatic heterocycles. The monoisotopic (exact) mass is 154 g/mol. The molecular weight excluding hydrogens is 132 g/mol. The van der Waals surface area contributed by atoms with Gasteiger partial charge < -0.3 is 0 Å². The van der Waals surface area contributed by atoms with Gasteiger partial charge in [0.05, 0.1) is 0 Å². The van der Waals surface area contributed by atoms with E-state index in [1.807, 2.05) is 19.9 Å². The van der Waals surface area contributed by atoms with E-state index in [1.54, 1.807) is 0 Å². The summed E-state index contributed by atoms with van der Waals surface area (Å²) in [5, 5.41) is 0. The molecule has 0 aliphatic rings. The molecular formula is C11H22. The van der Waals surface area contributed by atoms with E-state index >= 15 is 0 Å². The topological polar surface area (TPSA) is 0 Å². The molecule has 66 valence electrons. The lowest BCUT2D eigenvalue weighted by Gasteiger charge is -1.90. The van der Waals surface area contributed by atoms with Crippen molar-refractivity contribution >= 4 is 0 Å². The SMILES string of the molecule is C=C.C=CC(C)=C(C)C.CC. The van der Waals surface area contributed by atoms with Crippen LogP contribution < -0.4 is 0 Å². The van der Waals surface area contributed by atoms with Crippen LogP contribution in [0.5, 0.6) is 0 Å². The summed E-state index contributed by atoms with van der Waals surface area (Å²) in [7, 11) is 0. The highest BCUT2D eigenvalue weighted by atomic mass is 13.9. The molecule has 0 aliphatic carbocycles. The summed E-state index contributed by atoms with van der Waals surface area (Å²) in [6.07, 6.45) is 1.87. The Hall–Kier alpha value is -0.780. The van der Waals surface area contributed by atoms with Crippen molar-refractivity contribution in [2.45, 2.75) is 34.6 Å². The summed E-state index contributed by atoms with van der Waals surface area (Å²) in [5.41, 5.74) is 2.62. The van der Waals surface area contributed by atoms with Gasteiger partial charge in [-0.15, -0.1) is 13.2 Å². The van der Waals surface area contributed by atoms with Gasteiger partial charge in [-0.25, -0.2) is 0 Å². The van der Waals surface area contributed by atoms with E-state index < -0.39 is 0 Å². The molecule has 0 radical (unpaired) electrons. The van der Waals surface area contributed by atoms with Gasteiger partial charge in [-0.3, -0.25) is 0 Å². The molecule has 11 heavy (non-hydrogen) atoms. The van der Waals surface area contributed by atoms with Crippen LogP contribution in [0.4, 0.5) is 0 Å². The molecule has 0 heteroatoms. The van der Waals surface area contributed by atoms with Gasteiger partial charge in [-0.05, 0) is 20.8 Å². The van der Waals surface area contributed by atoms with Crippen LogP contribution in [0.15, 0.2) is 37.0 Å². The molecule has 0 saturated carbocycles. The Morgan fingerprint density at radius 3 is 1.27 bits per heavy atom. The molecule has 0 aromatic carbocycles. The molecule has 0 atom stereocenters. The van der Waals surface area contributed by atoms with E-state index in [9.17, 15) is 0 Å². The lowest BCUT2D eigenvalue weighted by atomic mass is 10.2. The van der Waals surface area contributed by atoms with Crippen LogP contribution in [-0.4, -0.2) is 0 Å². The van der Waals surface area contributed by atoms with Crippen LogP contribution in [0, 0.1) is 0 Å². The number of allylic oxidation sites excluding steroid dienone is 3. The van der Waals surface area contributed by atoms with Gasteiger partial charge in [0.25, 0.3) is 0 Å². The fourth-order valence-electron chi connectivity index (χ4n) is 0.204. The van der Waals surface area contributed by atoms with Crippen molar-refractivity contribution in [1.29, 1.82) is 0 Å². The van der Waals surface area contributed by atoms with E-state index in [0.717, 1.165) is 0 Å². The molecule has 0 saturated heterocycles. The van der Waals surface area contributed by atoms with Crippen LogP contribution in [0.2, 0.25) is 0 Å². The number of hydrogen-bond donors (Lipinski definition) is 0. The van der Waals surface area contributed by atoms with E-state index in [4.69, 9.17) is 0 Å². The normalized spacial score (nSPS) is 5.91. The van der Waals surface area contributed by atoms with Crippen molar-refractivity contribution in [3.8, 4) is 0 Å². The van der Waals surface area contributed by atoms with Gasteiger partial charge in [0.2, 0.25) is 0 Å². The fourth-order valence-corrected chi connectivity index (χ4v) is 0.204. The lowest BCUT2D eigenvalue weighted by Crippen LogP contribution is -1.69. The van der Waals surface area contributed by atoms with Crippen molar-refractivity contribution in [1.82, 2.24) is 0 Å². The van der Waals surface area contributed by atoms with Gasteiger partial charge in [-0.2, -0.15) is 0 Å². The van der Waals surface area contributed by atoms with Gasteiger partial charge in [0.1, 0.15) is 0 Å². The maximum Gasteiger partial charge on any atom is -0.0399 e. The van der Waals surface area contributed by atoms with Crippen LogP contribution in [0.3, 0.4) is 0 Å². The maximum atomic E-state index is 3.62. The lowest BCUT2D eigenvalue weighted by molar-refractivity contribution is 1.30. The predicted molar refractivity (Wildman–Crippen MR) is 56.8 cm³/mol. The standard InChI is InChI=1S/C7H12.C2H6.C2H4/c1-5-7(4)6(2)3;2*1-2/h5H,1H2,2-4H3;1-2H3;1-2H2. The minimum absolute atomic E-state index is 1.28. The number of rotatable bonds is 1. The van der Waals surface area contributed by atoms with Crippen molar-refractivity contribution in [3.63, 3.8) is 0 Å². The van der Waals surface area contributed by atoms with Crippen molar-refractivity contribution in [3.05, 3.63) is 37.0 Å². The molecule has 0 fully saturated rings. The Bertz CT molecular complexity index is 103. The quantitative estimate of drug-likeness (QED) is 0.389. The summed E-state index contributed by atoms with van der Waals surface area (Å²) >= 11 is 0. The largest absolute Gasteiger partial charge is 0.106 e. The predicted octanol–water partition coefficient (Wildman–Crippen LogP) is 4.36. The van der Waals surface area contributed by atoms with E-state index in [2.05, 4.69) is 40.5 Å². The second-order valence-corrected chi connectivity index (χ2v) is 1.89. The van der Waals surface area contributed by atoms with Gasteiger partial charge in [0, 0.05) is 0 Å². The third kappa shape index (κ3) is 17.6. The first-order chi connectivity index (χ1) is 5.18. The van der Waals surface area contributed by atoms with Crippen LogP contribution in [0.25, 0.3) is 0 Å². The highest BCUT2D eigenvalue weighted by molar-refractivity contribution is 5.18. The first kappa shape index (κ1) is 16.7. The molecule has 0 amide bonds. The van der Waals surface area contributed by atoms with Crippen LogP contribution in [0.1, 0.15) is 34.6 Å². The Labute approximate surface area is 72.3 Å². The molecule has 0 heterocycles. The Morgan fingerprint density at radius 1 is 1.00 bits per heavy atom. The third-order valence-electron chi connectivity index (χ3n) is 1.09. The average Bonchev–Trinajstić information content (AvgIpc) is 2.10. The molecule has 0 rings (SSSR count). The zero-order valence-corrected chi connectivity index (χ0v) is 8.70. The van der Waals surface area contributed by atoms with Gasteiger partial charge >= 0.3 is 0 Å². The third-order valence-corrected chi connectivity index (χ3v) is 1.09. The van der Waals surface area contributed by atoms with E-state index in [-0.39, 0.29) is 0 Å². The van der Waals surface area contributed by atoms with E-state index in [0.29, 0.717) is 0 Å². The molecule has 0 unspecified atom stereocenters. The van der Waals surface area contributed by atoms with E-state index in [1.165, 1.54) is 11.1 Å². The second-order valence-electron chi connectivity index (χ2n) is 1.89. The summed E-state index contributed by atoms with van der Waals surface area (Å²) in [6.45, 7) is 19.8. The van der Waals surface area contributed by atoms with Crippen LogP contribution in [-0.2, 0) is 0 Å². The molecule has 0 N–H and O–H groups in total. The van der Waals surface area contributed by atoms with Crippen molar-refractivity contribution in [2.24, 2.45) is 0 Å². The molecule has 0 nitrogen and oxygen atoms in total. The minimum Gasteiger partial charge on any atom is -0.106 e. The second kappa shape index (κ2) is 16.1. The Kier molecular flexibility index (Phi) is 24.4. The zero-order valence-electron chi connectivity index (χ0n) is 8.70. The summed E-state index contributed by atoms with van der Waals surface area (Å²) in [4.78, 5) is 0. The zero-order chi connectivity index (χ0) is 9.86. The first-order valence-corrected chi connectivity index (χ1v) is 3.95. The van der Waals surface area contributed by atoms with Gasteiger partial charge in [-0.1, -0.05) is 37.6 Å². The van der Waals surface area contributed by atoms with Crippen molar-refractivity contribution < 1.29 is 0 Å². The first-order valence-electron chi connectivity index (χ1n) is 3.95. The molecule has 0 aromatic heterocycles. The Morgan fingerprint density at radius 2 is 1.27 bits per heavy atom. The minimum atomic E-state index is 1.28. The summed E-state index contributed by atoms with van der Waals surface area (Å²) in [5.74, 6) is 0. The maximum absolute atomic E-state index is 3.62. The smallest absolute Gasteiger partial charge is 0.0399 e. The summed E-state index contributed by atoms with van der Waals surface area (Å²) in [6, 6.07) is 0. The Balaban J connectivity index is -0.000000138. The van der Waals surface area contributed by atoms with Crippen molar-refractivity contribution in [2.75, 3.05) is 0 Å². The number of hydrogen-bond acceptors (Lipinski definition) is 0. The van der Waals surface area contributed by atoms with Gasteiger partial charge in [0.15, 0.2) is 0 Å². The molecule has 0 spiro atoms. The highest BCUT2D eigenvalue weighted by Crippen LogP contribution is 2.00. The van der Waals surface area contributed by atoms with Crippen LogP contribution >= 0.6 is 0 Å². The highest BCUT2D eigenvalue weighted by Gasteiger charge is 1.79. The average molecular weight is 154 g/mol. The molecule has 0 aromatic rings. The fraction of sp³-hybridized carbons (Fsp3) is 0.455. The molecule has 0 bridgehead atoms. The summed E-state index contributed by atoms with van der Waals surface area (Å²) < 4.78 is 0.